The van der Waals surface area contributed by atoms with E-state index in [0.29, 0.717) is 22.8 Å². The van der Waals surface area contributed by atoms with Crippen LogP contribution in [0.15, 0.2) is 108 Å². The van der Waals surface area contributed by atoms with Crippen LogP contribution in [0.25, 0.3) is 0 Å². The first-order chi connectivity index (χ1) is 21.6. The van der Waals surface area contributed by atoms with Gasteiger partial charge in [-0.25, -0.2) is 8.42 Å². The lowest BCUT2D eigenvalue weighted by molar-refractivity contribution is -0.140. The first-order valence-electron chi connectivity index (χ1n) is 15.1. The number of nitrogens with zero attached hydrogens (tertiary/aromatic N) is 2. The Hall–Kier alpha value is -4.14. The highest BCUT2D eigenvalue weighted by atomic mass is 35.5. The summed E-state index contributed by atoms with van der Waals surface area (Å²) in [5.74, 6) is -0.778. The molecule has 0 aliphatic rings. The van der Waals surface area contributed by atoms with Gasteiger partial charge in [0.2, 0.25) is 11.8 Å². The fourth-order valence-electron chi connectivity index (χ4n) is 5.16. The third-order valence-corrected chi connectivity index (χ3v) is 9.63. The van der Waals surface area contributed by atoms with Gasteiger partial charge in [-0.1, -0.05) is 103 Å². The van der Waals surface area contributed by atoms with Crippen LogP contribution < -0.4 is 9.62 Å². The van der Waals surface area contributed by atoms with Crippen molar-refractivity contribution < 1.29 is 18.0 Å². The highest BCUT2D eigenvalue weighted by molar-refractivity contribution is 7.92. The summed E-state index contributed by atoms with van der Waals surface area (Å²) in [5, 5.41) is 3.41. The lowest BCUT2D eigenvalue weighted by Gasteiger charge is -2.34. The summed E-state index contributed by atoms with van der Waals surface area (Å²) in [6.07, 6.45) is 1.98. The summed E-state index contributed by atoms with van der Waals surface area (Å²) in [6, 6.07) is 29.3. The van der Waals surface area contributed by atoms with E-state index in [2.05, 4.69) is 5.32 Å². The summed E-state index contributed by atoms with van der Waals surface area (Å²) in [4.78, 5) is 29.9. The van der Waals surface area contributed by atoms with Crippen LogP contribution in [0.3, 0.4) is 0 Å². The molecule has 0 fully saturated rings. The minimum absolute atomic E-state index is 0.00586. The van der Waals surface area contributed by atoms with Crippen molar-refractivity contribution in [2.45, 2.75) is 57.5 Å². The standard InChI is InChI=1S/C36H40ClN3O4S/c1-4-5-22-38-36(42)34(24-29-14-7-6-8-15-29)39(25-30-16-11-12-27(2)23-30)35(41)26-40(33-17-10-9-13-28(33)3)45(43,44)32-20-18-31(37)19-21-32/h6-21,23,34H,4-5,22,24-26H2,1-3H3,(H,38,42). The molecule has 45 heavy (non-hydrogen) atoms. The second-order valence-electron chi connectivity index (χ2n) is 11.1. The van der Waals surface area contributed by atoms with Crippen LogP contribution >= 0.6 is 11.6 Å². The van der Waals surface area contributed by atoms with Crippen molar-refractivity contribution in [3.63, 3.8) is 0 Å². The number of sulfonamides is 1. The number of carbonyl (C=O) groups is 2. The molecule has 9 heteroatoms. The molecular weight excluding hydrogens is 606 g/mol. The summed E-state index contributed by atoms with van der Waals surface area (Å²) >= 11 is 6.07. The summed E-state index contributed by atoms with van der Waals surface area (Å²) in [7, 11) is -4.20. The highest BCUT2D eigenvalue weighted by Gasteiger charge is 2.35. The van der Waals surface area contributed by atoms with E-state index in [4.69, 9.17) is 11.6 Å². The molecule has 0 aliphatic carbocycles. The van der Waals surface area contributed by atoms with Crippen LogP contribution in [0.1, 0.15) is 42.0 Å². The Labute approximate surface area is 271 Å². The zero-order valence-corrected chi connectivity index (χ0v) is 27.5. The maximum Gasteiger partial charge on any atom is 0.264 e. The van der Waals surface area contributed by atoms with Gasteiger partial charge < -0.3 is 10.2 Å². The van der Waals surface area contributed by atoms with Crippen molar-refractivity contribution in [1.29, 1.82) is 0 Å². The first-order valence-corrected chi connectivity index (χ1v) is 16.9. The Balaban J connectivity index is 1.80. The van der Waals surface area contributed by atoms with E-state index < -0.39 is 28.5 Å². The molecular formula is C36H40ClN3O4S. The first kappa shape index (κ1) is 33.7. The zero-order valence-electron chi connectivity index (χ0n) is 25.9. The third-order valence-electron chi connectivity index (χ3n) is 7.60. The van der Waals surface area contributed by atoms with Gasteiger partial charge in [0.25, 0.3) is 10.0 Å². The Morgan fingerprint density at radius 2 is 1.51 bits per heavy atom. The molecule has 4 rings (SSSR count). The number of amides is 2. The van der Waals surface area contributed by atoms with E-state index in [9.17, 15) is 18.0 Å². The smallest absolute Gasteiger partial charge is 0.264 e. The number of rotatable bonds is 14. The number of carbonyl (C=O) groups excluding carboxylic acids is 2. The second-order valence-corrected chi connectivity index (χ2v) is 13.4. The van der Waals surface area contributed by atoms with E-state index >= 15 is 0 Å². The van der Waals surface area contributed by atoms with Crippen LogP contribution in [0.2, 0.25) is 5.02 Å². The van der Waals surface area contributed by atoms with E-state index in [-0.39, 0.29) is 23.8 Å². The van der Waals surface area contributed by atoms with E-state index in [0.717, 1.165) is 33.8 Å². The van der Waals surface area contributed by atoms with E-state index in [1.54, 1.807) is 25.1 Å². The molecule has 0 aromatic heterocycles. The molecule has 0 saturated heterocycles. The van der Waals surface area contributed by atoms with Crippen molar-refractivity contribution in [3.8, 4) is 0 Å². The lowest BCUT2D eigenvalue weighted by Crippen LogP contribution is -2.53. The molecule has 236 valence electrons. The molecule has 1 unspecified atom stereocenters. The second kappa shape index (κ2) is 15.7. The minimum Gasteiger partial charge on any atom is -0.354 e. The zero-order chi connectivity index (χ0) is 32.4. The molecule has 1 N–H and O–H groups in total. The molecule has 0 aliphatic heterocycles. The number of para-hydroxylation sites is 1. The molecule has 0 heterocycles. The quantitative estimate of drug-likeness (QED) is 0.155. The largest absolute Gasteiger partial charge is 0.354 e. The number of hydrogen-bond donors (Lipinski definition) is 1. The maximum atomic E-state index is 14.5. The Kier molecular flexibility index (Phi) is 11.8. The average Bonchev–Trinajstić information content (AvgIpc) is 3.02. The summed E-state index contributed by atoms with van der Waals surface area (Å²) in [6.45, 7) is 5.91. The monoisotopic (exact) mass is 645 g/mol. The molecule has 4 aromatic rings. The number of unbranched alkanes of at least 4 members (excludes halogenated alkanes) is 1. The molecule has 0 bridgehead atoms. The average molecular weight is 646 g/mol. The van der Waals surface area contributed by atoms with Crippen molar-refractivity contribution >= 4 is 39.1 Å². The Morgan fingerprint density at radius 3 is 2.18 bits per heavy atom. The molecule has 2 amide bonds. The van der Waals surface area contributed by atoms with Crippen LogP contribution in [-0.2, 0) is 32.6 Å². The van der Waals surface area contributed by atoms with Gasteiger partial charge in [0.1, 0.15) is 12.6 Å². The molecule has 0 saturated carbocycles. The van der Waals surface area contributed by atoms with Crippen molar-refractivity contribution in [2.75, 3.05) is 17.4 Å². The van der Waals surface area contributed by atoms with Crippen molar-refractivity contribution in [1.82, 2.24) is 10.2 Å². The topological polar surface area (TPSA) is 86.8 Å². The number of hydrogen-bond acceptors (Lipinski definition) is 4. The van der Waals surface area contributed by atoms with E-state index in [1.807, 2.05) is 74.5 Å². The molecule has 7 nitrogen and oxygen atoms in total. The SMILES string of the molecule is CCCCNC(=O)C(Cc1ccccc1)N(Cc1cccc(C)c1)C(=O)CN(c1ccccc1C)S(=O)(=O)c1ccc(Cl)cc1. The number of nitrogens with one attached hydrogen (secondary N) is 1. The van der Waals surface area contributed by atoms with Gasteiger partial charge in [0.05, 0.1) is 10.6 Å². The fourth-order valence-corrected chi connectivity index (χ4v) is 6.76. The maximum absolute atomic E-state index is 14.5. The van der Waals surface area contributed by atoms with Gasteiger partial charge in [-0.2, -0.15) is 0 Å². The third kappa shape index (κ3) is 8.96. The fraction of sp³-hybridized carbons (Fsp3) is 0.278. The molecule has 1 atom stereocenters. The predicted molar refractivity (Wildman–Crippen MR) is 181 cm³/mol. The van der Waals surface area contributed by atoms with Gasteiger partial charge in [0, 0.05) is 24.5 Å². The number of anilines is 1. The normalized spacial score (nSPS) is 11.9. The van der Waals surface area contributed by atoms with E-state index in [1.165, 1.54) is 29.2 Å². The number of benzene rings is 4. The number of aryl methyl sites for hydroxylation is 2. The van der Waals surface area contributed by atoms with Crippen molar-refractivity contribution in [3.05, 3.63) is 130 Å². The van der Waals surface area contributed by atoms with Crippen LogP contribution in [0.5, 0.6) is 0 Å². The Bertz CT molecular complexity index is 1700. The lowest BCUT2D eigenvalue weighted by atomic mass is 10.0. The van der Waals surface area contributed by atoms with Gasteiger partial charge in [0.15, 0.2) is 0 Å². The van der Waals surface area contributed by atoms with Gasteiger partial charge in [-0.05, 0) is 67.3 Å². The van der Waals surface area contributed by atoms with Crippen LogP contribution in [0.4, 0.5) is 5.69 Å². The summed E-state index contributed by atoms with van der Waals surface area (Å²) in [5.41, 5.74) is 3.80. The minimum atomic E-state index is -4.20. The van der Waals surface area contributed by atoms with Crippen LogP contribution in [-0.4, -0.2) is 44.3 Å². The van der Waals surface area contributed by atoms with Gasteiger partial charge in [-0.15, -0.1) is 0 Å². The highest BCUT2D eigenvalue weighted by Crippen LogP contribution is 2.28. The van der Waals surface area contributed by atoms with Gasteiger partial charge in [-0.3, -0.25) is 13.9 Å². The number of halogens is 1. The van der Waals surface area contributed by atoms with Crippen molar-refractivity contribution in [2.24, 2.45) is 0 Å². The molecule has 0 spiro atoms. The van der Waals surface area contributed by atoms with Gasteiger partial charge >= 0.3 is 0 Å². The predicted octanol–water partition coefficient (Wildman–Crippen LogP) is 6.71. The summed E-state index contributed by atoms with van der Waals surface area (Å²) < 4.78 is 29.4. The Morgan fingerprint density at radius 1 is 0.844 bits per heavy atom. The van der Waals surface area contributed by atoms with Crippen LogP contribution in [0, 0.1) is 13.8 Å². The molecule has 0 radical (unpaired) electrons. The molecule has 4 aromatic carbocycles.